The minimum absolute atomic E-state index is 0.130. The topological polar surface area (TPSA) is 46.4 Å². The molecule has 6 heteroatoms. The van der Waals surface area contributed by atoms with E-state index in [0.29, 0.717) is 22.6 Å². The van der Waals surface area contributed by atoms with Gasteiger partial charge in [-0.15, -0.1) is 0 Å². The molecule has 3 aromatic rings. The number of halogens is 2. The van der Waals surface area contributed by atoms with E-state index in [-0.39, 0.29) is 18.3 Å². The van der Waals surface area contributed by atoms with Crippen molar-refractivity contribution in [3.8, 4) is 0 Å². The summed E-state index contributed by atoms with van der Waals surface area (Å²) >= 11 is 3.46. The zero-order valence-corrected chi connectivity index (χ0v) is 14.3. The lowest BCUT2D eigenvalue weighted by atomic mass is 10.2. The SMILES string of the molecule is Cc1cc(Br)c2nc(C)c(C(=O)NCc3ccccc3F)n2c1. The van der Waals surface area contributed by atoms with Crippen LogP contribution in [0.1, 0.15) is 27.3 Å². The summed E-state index contributed by atoms with van der Waals surface area (Å²) in [6.07, 6.45) is 1.86. The first-order valence-electron chi connectivity index (χ1n) is 7.14. The highest BCUT2D eigenvalue weighted by molar-refractivity contribution is 9.10. The van der Waals surface area contributed by atoms with Gasteiger partial charge < -0.3 is 5.32 Å². The number of imidazole rings is 1. The minimum Gasteiger partial charge on any atom is -0.347 e. The Kier molecular flexibility index (Phi) is 4.17. The number of aromatic nitrogens is 2. The van der Waals surface area contributed by atoms with E-state index < -0.39 is 0 Å². The lowest BCUT2D eigenvalue weighted by molar-refractivity contribution is 0.0944. The van der Waals surface area contributed by atoms with Crippen LogP contribution in [-0.2, 0) is 6.54 Å². The predicted molar refractivity (Wildman–Crippen MR) is 89.9 cm³/mol. The number of rotatable bonds is 3. The third-order valence-corrected chi connectivity index (χ3v) is 4.18. The average Bonchev–Trinajstić information content (AvgIpc) is 2.83. The maximum atomic E-state index is 13.6. The molecule has 2 aromatic heterocycles. The molecule has 4 nitrogen and oxygen atoms in total. The molecular formula is C17H15BrFN3O. The molecule has 0 saturated heterocycles. The monoisotopic (exact) mass is 375 g/mol. The number of carbonyl (C=O) groups excluding carboxylic acids is 1. The smallest absolute Gasteiger partial charge is 0.270 e. The van der Waals surface area contributed by atoms with E-state index in [2.05, 4.69) is 26.2 Å². The van der Waals surface area contributed by atoms with Gasteiger partial charge >= 0.3 is 0 Å². The standard InChI is InChI=1S/C17H15BrFN3O/c1-10-7-13(18)16-21-11(2)15(22(16)9-10)17(23)20-8-12-5-3-4-6-14(12)19/h3-7,9H,8H2,1-2H3,(H,20,23). The van der Waals surface area contributed by atoms with E-state index in [4.69, 9.17) is 0 Å². The Morgan fingerprint density at radius 1 is 1.35 bits per heavy atom. The van der Waals surface area contributed by atoms with E-state index in [1.807, 2.05) is 19.2 Å². The van der Waals surface area contributed by atoms with Crippen LogP contribution in [0.2, 0.25) is 0 Å². The van der Waals surface area contributed by atoms with Crippen molar-refractivity contribution in [2.75, 3.05) is 0 Å². The molecule has 0 spiro atoms. The van der Waals surface area contributed by atoms with Crippen molar-refractivity contribution >= 4 is 27.5 Å². The highest BCUT2D eigenvalue weighted by atomic mass is 79.9. The molecular weight excluding hydrogens is 361 g/mol. The molecule has 0 aliphatic heterocycles. The summed E-state index contributed by atoms with van der Waals surface area (Å²) in [7, 11) is 0. The van der Waals surface area contributed by atoms with Crippen LogP contribution in [0.5, 0.6) is 0 Å². The summed E-state index contributed by atoms with van der Waals surface area (Å²) < 4.78 is 16.2. The summed E-state index contributed by atoms with van der Waals surface area (Å²) in [5.41, 5.74) is 3.22. The summed E-state index contributed by atoms with van der Waals surface area (Å²) in [5, 5.41) is 2.76. The van der Waals surface area contributed by atoms with Gasteiger partial charge in [0.1, 0.15) is 11.5 Å². The molecule has 2 heterocycles. The van der Waals surface area contributed by atoms with Gasteiger partial charge in [-0.25, -0.2) is 9.37 Å². The number of hydrogen-bond acceptors (Lipinski definition) is 2. The molecule has 0 aliphatic carbocycles. The largest absolute Gasteiger partial charge is 0.347 e. The molecule has 1 aromatic carbocycles. The van der Waals surface area contributed by atoms with Crippen molar-refractivity contribution in [2.24, 2.45) is 0 Å². The summed E-state index contributed by atoms with van der Waals surface area (Å²) in [5.74, 6) is -0.614. The van der Waals surface area contributed by atoms with Gasteiger partial charge in [-0.3, -0.25) is 9.20 Å². The van der Waals surface area contributed by atoms with E-state index in [9.17, 15) is 9.18 Å². The first kappa shape index (κ1) is 15.7. The Morgan fingerprint density at radius 3 is 2.83 bits per heavy atom. The fraction of sp³-hybridized carbons (Fsp3) is 0.176. The van der Waals surface area contributed by atoms with Gasteiger partial charge in [-0.05, 0) is 47.5 Å². The van der Waals surface area contributed by atoms with Gasteiger partial charge in [0, 0.05) is 18.3 Å². The summed E-state index contributed by atoms with van der Waals surface area (Å²) in [6, 6.07) is 8.34. The highest BCUT2D eigenvalue weighted by Gasteiger charge is 2.18. The molecule has 0 atom stereocenters. The molecule has 118 valence electrons. The van der Waals surface area contributed by atoms with Crippen LogP contribution in [0.15, 0.2) is 41.0 Å². The van der Waals surface area contributed by atoms with Crippen LogP contribution >= 0.6 is 15.9 Å². The Bertz CT molecular complexity index is 904. The molecule has 0 bridgehead atoms. The Morgan fingerprint density at radius 2 is 2.09 bits per heavy atom. The molecule has 0 aliphatic rings. The molecule has 3 rings (SSSR count). The number of amides is 1. The lowest BCUT2D eigenvalue weighted by Gasteiger charge is -2.08. The summed E-state index contributed by atoms with van der Waals surface area (Å²) in [6.45, 7) is 3.86. The van der Waals surface area contributed by atoms with E-state index in [0.717, 1.165) is 10.0 Å². The average molecular weight is 376 g/mol. The third-order valence-electron chi connectivity index (χ3n) is 3.60. The number of fused-ring (bicyclic) bond motifs is 1. The van der Waals surface area contributed by atoms with Crippen molar-refractivity contribution in [3.63, 3.8) is 0 Å². The van der Waals surface area contributed by atoms with Gasteiger partial charge in [0.2, 0.25) is 0 Å². The van der Waals surface area contributed by atoms with Crippen LogP contribution in [0.25, 0.3) is 5.65 Å². The third kappa shape index (κ3) is 2.99. The second-order valence-corrected chi connectivity index (χ2v) is 6.23. The van der Waals surface area contributed by atoms with Crippen LogP contribution in [-0.4, -0.2) is 15.3 Å². The Hall–Kier alpha value is -2.21. The Labute approximate surface area is 141 Å². The number of nitrogens with one attached hydrogen (secondary N) is 1. The maximum absolute atomic E-state index is 13.6. The number of carbonyl (C=O) groups is 1. The van der Waals surface area contributed by atoms with E-state index in [1.54, 1.807) is 29.5 Å². The zero-order valence-electron chi connectivity index (χ0n) is 12.7. The first-order chi connectivity index (χ1) is 11.0. The van der Waals surface area contributed by atoms with Crippen molar-refractivity contribution in [1.29, 1.82) is 0 Å². The number of pyridine rings is 1. The van der Waals surface area contributed by atoms with Crippen molar-refractivity contribution < 1.29 is 9.18 Å². The minimum atomic E-state index is -0.332. The highest BCUT2D eigenvalue weighted by Crippen LogP contribution is 2.22. The number of nitrogens with zero attached hydrogens (tertiary/aromatic N) is 2. The van der Waals surface area contributed by atoms with Gasteiger partial charge in [0.15, 0.2) is 5.65 Å². The fourth-order valence-corrected chi connectivity index (χ4v) is 3.16. The van der Waals surface area contributed by atoms with Crippen LogP contribution in [0.3, 0.4) is 0 Å². The molecule has 0 unspecified atom stereocenters. The quantitative estimate of drug-likeness (QED) is 0.756. The maximum Gasteiger partial charge on any atom is 0.270 e. The second-order valence-electron chi connectivity index (χ2n) is 5.38. The molecule has 1 amide bonds. The number of hydrogen-bond donors (Lipinski definition) is 1. The van der Waals surface area contributed by atoms with Crippen molar-refractivity contribution in [3.05, 3.63) is 69.3 Å². The Balaban J connectivity index is 1.92. The normalized spacial score (nSPS) is 11.0. The molecule has 0 fully saturated rings. The second kappa shape index (κ2) is 6.12. The molecule has 0 radical (unpaired) electrons. The van der Waals surface area contributed by atoms with Gasteiger partial charge in [0.25, 0.3) is 5.91 Å². The van der Waals surface area contributed by atoms with Gasteiger partial charge in [-0.2, -0.15) is 0 Å². The van der Waals surface area contributed by atoms with E-state index in [1.165, 1.54) is 6.07 Å². The molecule has 1 N–H and O–H groups in total. The number of aryl methyl sites for hydroxylation is 2. The van der Waals surface area contributed by atoms with Crippen molar-refractivity contribution in [1.82, 2.24) is 14.7 Å². The van der Waals surface area contributed by atoms with Crippen LogP contribution < -0.4 is 5.32 Å². The fourth-order valence-electron chi connectivity index (χ4n) is 2.52. The molecule has 23 heavy (non-hydrogen) atoms. The van der Waals surface area contributed by atoms with Gasteiger partial charge in [-0.1, -0.05) is 18.2 Å². The molecule has 0 saturated carbocycles. The predicted octanol–water partition coefficient (Wildman–Crippen LogP) is 3.78. The van der Waals surface area contributed by atoms with Crippen molar-refractivity contribution in [2.45, 2.75) is 20.4 Å². The summed E-state index contributed by atoms with van der Waals surface area (Å²) in [4.78, 5) is 17.0. The van der Waals surface area contributed by atoms with Crippen LogP contribution in [0, 0.1) is 19.7 Å². The van der Waals surface area contributed by atoms with E-state index >= 15 is 0 Å². The first-order valence-corrected chi connectivity index (χ1v) is 7.93. The van der Waals surface area contributed by atoms with Gasteiger partial charge in [0.05, 0.1) is 10.2 Å². The number of benzene rings is 1. The lowest BCUT2D eigenvalue weighted by Crippen LogP contribution is -2.25. The van der Waals surface area contributed by atoms with Crippen LogP contribution in [0.4, 0.5) is 4.39 Å². The zero-order chi connectivity index (χ0) is 16.6.